The van der Waals surface area contributed by atoms with E-state index in [1.807, 2.05) is 0 Å². The summed E-state index contributed by atoms with van der Waals surface area (Å²) in [5.41, 5.74) is 1.16. The molecule has 2 aromatic rings. The van der Waals surface area contributed by atoms with Crippen LogP contribution in [-0.4, -0.2) is 36.0 Å². The standard InChI is InChI=1S/C21H20F3NO3/c1-2-28-20(27)15-25(14-16-9-5-3-6-10-16)18(13-19(26)21(22,23)24)17-11-7-4-8-12-17/h3-13H,2,14-15H2,1H3/b18-13+. The van der Waals surface area contributed by atoms with Crippen LogP contribution in [0.3, 0.4) is 0 Å². The number of hydrogen-bond donors (Lipinski definition) is 0. The van der Waals surface area contributed by atoms with Crippen LogP contribution in [0.15, 0.2) is 66.7 Å². The number of carbonyl (C=O) groups excluding carboxylic acids is 2. The van der Waals surface area contributed by atoms with Crippen molar-refractivity contribution >= 4 is 17.4 Å². The molecule has 0 aromatic heterocycles. The molecule has 0 amide bonds. The second kappa shape index (κ2) is 9.73. The summed E-state index contributed by atoms with van der Waals surface area (Å²) in [6.45, 7) is 1.62. The monoisotopic (exact) mass is 391 g/mol. The van der Waals surface area contributed by atoms with Gasteiger partial charge in [0.1, 0.15) is 6.54 Å². The third-order valence-electron chi connectivity index (χ3n) is 3.80. The molecule has 148 valence electrons. The number of nitrogens with zero attached hydrogens (tertiary/aromatic N) is 1. The number of alkyl halides is 3. The van der Waals surface area contributed by atoms with Crippen molar-refractivity contribution in [2.75, 3.05) is 13.2 Å². The van der Waals surface area contributed by atoms with E-state index in [4.69, 9.17) is 4.74 Å². The Hall–Kier alpha value is -3.09. The van der Waals surface area contributed by atoms with E-state index in [0.717, 1.165) is 5.56 Å². The zero-order valence-corrected chi connectivity index (χ0v) is 15.3. The average Bonchev–Trinajstić information content (AvgIpc) is 2.66. The summed E-state index contributed by atoms with van der Waals surface area (Å²) in [6, 6.07) is 17.1. The quantitative estimate of drug-likeness (QED) is 0.499. The Morgan fingerprint density at radius 3 is 2.11 bits per heavy atom. The van der Waals surface area contributed by atoms with Gasteiger partial charge in [-0.1, -0.05) is 60.7 Å². The summed E-state index contributed by atoms with van der Waals surface area (Å²) in [5, 5.41) is 0. The van der Waals surface area contributed by atoms with Crippen LogP contribution in [0.1, 0.15) is 18.1 Å². The van der Waals surface area contributed by atoms with Gasteiger partial charge in [-0.05, 0) is 18.1 Å². The summed E-state index contributed by atoms with van der Waals surface area (Å²) in [7, 11) is 0. The number of esters is 1. The van der Waals surface area contributed by atoms with E-state index in [9.17, 15) is 22.8 Å². The maximum Gasteiger partial charge on any atom is 0.454 e. The SMILES string of the molecule is CCOC(=O)CN(Cc1ccccc1)/C(=C/C(=O)C(F)(F)F)c1ccccc1. The van der Waals surface area contributed by atoms with Gasteiger partial charge in [-0.2, -0.15) is 13.2 Å². The molecule has 0 radical (unpaired) electrons. The summed E-state index contributed by atoms with van der Waals surface area (Å²) in [6.07, 6.45) is -4.49. The molecule has 0 saturated carbocycles. The first-order chi connectivity index (χ1) is 13.3. The van der Waals surface area contributed by atoms with Gasteiger partial charge in [0.05, 0.1) is 6.61 Å². The van der Waals surface area contributed by atoms with Gasteiger partial charge in [0.25, 0.3) is 5.78 Å². The van der Waals surface area contributed by atoms with Crippen molar-refractivity contribution in [2.45, 2.75) is 19.6 Å². The summed E-state index contributed by atoms with van der Waals surface area (Å²) >= 11 is 0. The minimum Gasteiger partial charge on any atom is -0.465 e. The highest BCUT2D eigenvalue weighted by molar-refractivity contribution is 6.00. The van der Waals surface area contributed by atoms with Crippen molar-refractivity contribution in [2.24, 2.45) is 0 Å². The topological polar surface area (TPSA) is 46.6 Å². The average molecular weight is 391 g/mol. The number of halogens is 3. The molecule has 0 unspecified atom stereocenters. The molecule has 7 heteroatoms. The Kier molecular flexibility index (Phi) is 7.37. The molecule has 2 aromatic carbocycles. The van der Waals surface area contributed by atoms with E-state index in [2.05, 4.69) is 0 Å². The highest BCUT2D eigenvalue weighted by Crippen LogP contribution is 2.25. The molecule has 2 rings (SSSR count). The lowest BCUT2D eigenvalue weighted by atomic mass is 10.1. The van der Waals surface area contributed by atoms with Gasteiger partial charge in [0.2, 0.25) is 0 Å². The fourth-order valence-corrected chi connectivity index (χ4v) is 2.56. The third-order valence-corrected chi connectivity index (χ3v) is 3.80. The van der Waals surface area contributed by atoms with E-state index in [1.165, 1.54) is 4.90 Å². The van der Waals surface area contributed by atoms with Crippen LogP contribution < -0.4 is 0 Å². The zero-order valence-electron chi connectivity index (χ0n) is 15.3. The van der Waals surface area contributed by atoms with Gasteiger partial charge in [-0.25, -0.2) is 0 Å². The van der Waals surface area contributed by atoms with Gasteiger partial charge < -0.3 is 9.64 Å². The number of ether oxygens (including phenoxy) is 1. The molecule has 0 N–H and O–H groups in total. The number of allylic oxidation sites excluding steroid dienone is 1. The molecule has 0 fully saturated rings. The molecule has 28 heavy (non-hydrogen) atoms. The van der Waals surface area contributed by atoms with Gasteiger partial charge in [-0.3, -0.25) is 9.59 Å². The van der Waals surface area contributed by atoms with Crippen molar-refractivity contribution in [1.82, 2.24) is 4.90 Å². The van der Waals surface area contributed by atoms with E-state index < -0.39 is 17.9 Å². The molecule has 4 nitrogen and oxygen atoms in total. The molecule has 0 atom stereocenters. The highest BCUT2D eigenvalue weighted by atomic mass is 19.4. The Bertz CT molecular complexity index is 818. The van der Waals surface area contributed by atoms with Crippen molar-refractivity contribution in [3.63, 3.8) is 0 Å². The molecule has 0 heterocycles. The molecule has 0 spiro atoms. The van der Waals surface area contributed by atoms with E-state index in [1.54, 1.807) is 67.6 Å². The Balaban J connectivity index is 2.48. The smallest absolute Gasteiger partial charge is 0.454 e. The minimum absolute atomic E-state index is 0.000156. The fourth-order valence-electron chi connectivity index (χ4n) is 2.56. The fraction of sp³-hybridized carbons (Fsp3) is 0.238. The third kappa shape index (κ3) is 6.26. The van der Waals surface area contributed by atoms with Gasteiger partial charge in [0, 0.05) is 18.3 Å². The normalized spacial score (nSPS) is 11.8. The number of benzene rings is 2. The molecule has 0 aliphatic heterocycles. The largest absolute Gasteiger partial charge is 0.465 e. The van der Waals surface area contributed by atoms with Crippen LogP contribution in [0.2, 0.25) is 0 Å². The van der Waals surface area contributed by atoms with Gasteiger partial charge >= 0.3 is 12.1 Å². The minimum atomic E-state index is -5.01. The predicted molar refractivity (Wildman–Crippen MR) is 99.0 cm³/mol. The molecule has 0 bridgehead atoms. The maximum absolute atomic E-state index is 12.9. The number of rotatable bonds is 8. The van der Waals surface area contributed by atoms with Crippen molar-refractivity contribution in [3.05, 3.63) is 77.9 Å². The molecule has 0 saturated heterocycles. The number of ketones is 1. The first kappa shape index (κ1) is 21.2. The van der Waals surface area contributed by atoms with Crippen LogP contribution in [0.25, 0.3) is 5.70 Å². The molecular weight excluding hydrogens is 371 g/mol. The summed E-state index contributed by atoms with van der Waals surface area (Å²) in [5.74, 6) is -2.59. The summed E-state index contributed by atoms with van der Waals surface area (Å²) in [4.78, 5) is 25.1. The van der Waals surface area contributed by atoms with Crippen LogP contribution in [-0.2, 0) is 20.9 Å². The number of carbonyl (C=O) groups is 2. The summed E-state index contributed by atoms with van der Waals surface area (Å²) < 4.78 is 43.6. The lowest BCUT2D eigenvalue weighted by molar-refractivity contribution is -0.165. The van der Waals surface area contributed by atoms with Crippen LogP contribution in [0.5, 0.6) is 0 Å². The zero-order chi connectivity index (χ0) is 20.6. The molecular formula is C21H20F3NO3. The lowest BCUT2D eigenvalue weighted by Crippen LogP contribution is -2.31. The predicted octanol–water partition coefficient (Wildman–Crippen LogP) is 4.22. The van der Waals surface area contributed by atoms with Crippen molar-refractivity contribution in [3.8, 4) is 0 Å². The van der Waals surface area contributed by atoms with Crippen molar-refractivity contribution < 1.29 is 27.5 Å². The first-order valence-electron chi connectivity index (χ1n) is 8.64. The second-order valence-electron chi connectivity index (χ2n) is 5.90. The van der Waals surface area contributed by atoms with E-state index >= 15 is 0 Å². The van der Waals surface area contributed by atoms with Crippen LogP contribution in [0.4, 0.5) is 13.2 Å². The Labute approximate surface area is 161 Å². The lowest BCUT2D eigenvalue weighted by Gasteiger charge is -2.27. The van der Waals surface area contributed by atoms with Crippen LogP contribution in [0, 0.1) is 0 Å². The van der Waals surface area contributed by atoms with E-state index in [-0.39, 0.29) is 25.4 Å². The van der Waals surface area contributed by atoms with E-state index in [0.29, 0.717) is 11.6 Å². The van der Waals surface area contributed by atoms with Crippen molar-refractivity contribution in [1.29, 1.82) is 0 Å². The number of hydrogen-bond acceptors (Lipinski definition) is 4. The van der Waals surface area contributed by atoms with Gasteiger partial charge in [0.15, 0.2) is 0 Å². The molecule has 0 aliphatic rings. The molecule has 0 aliphatic carbocycles. The second-order valence-corrected chi connectivity index (χ2v) is 5.90. The Morgan fingerprint density at radius 2 is 1.57 bits per heavy atom. The Morgan fingerprint density at radius 1 is 1.00 bits per heavy atom. The van der Waals surface area contributed by atoms with Crippen LogP contribution >= 0.6 is 0 Å². The maximum atomic E-state index is 12.9. The van der Waals surface area contributed by atoms with Gasteiger partial charge in [-0.15, -0.1) is 0 Å². The first-order valence-corrected chi connectivity index (χ1v) is 8.64. The highest BCUT2D eigenvalue weighted by Gasteiger charge is 2.37.